The molecule has 0 radical (unpaired) electrons. The fraction of sp³-hybridized carbons (Fsp3) is 0.632. The Bertz CT molecular complexity index is 605. The average Bonchev–Trinajstić information content (AvgIpc) is 2.59. The first kappa shape index (κ1) is 19.9. The van der Waals surface area contributed by atoms with Gasteiger partial charge in [0.15, 0.2) is 11.5 Å². The fourth-order valence-corrected chi connectivity index (χ4v) is 3.42. The van der Waals surface area contributed by atoms with Gasteiger partial charge in [-0.2, -0.15) is 0 Å². The van der Waals surface area contributed by atoms with E-state index >= 15 is 0 Å². The van der Waals surface area contributed by atoms with Gasteiger partial charge in [-0.05, 0) is 44.2 Å². The lowest BCUT2D eigenvalue weighted by Crippen LogP contribution is -2.51. The molecule has 1 aliphatic heterocycles. The van der Waals surface area contributed by atoms with Gasteiger partial charge in [-0.25, -0.2) is 0 Å². The van der Waals surface area contributed by atoms with E-state index in [-0.39, 0.29) is 18.0 Å². The van der Waals surface area contributed by atoms with Crippen LogP contribution >= 0.6 is 11.6 Å². The third kappa shape index (κ3) is 4.79. The predicted molar refractivity (Wildman–Crippen MR) is 101 cm³/mol. The lowest BCUT2D eigenvalue weighted by molar-refractivity contribution is 0.0583. The van der Waals surface area contributed by atoms with Crippen molar-refractivity contribution in [1.82, 2.24) is 4.90 Å². The van der Waals surface area contributed by atoms with Crippen molar-refractivity contribution in [1.29, 1.82) is 0 Å². The number of nitrogens with zero attached hydrogens (tertiary/aromatic N) is 1. The molecule has 1 fully saturated rings. The number of halogens is 1. The third-order valence-corrected chi connectivity index (χ3v) is 4.74. The van der Waals surface area contributed by atoms with E-state index in [1.807, 2.05) is 11.8 Å². The van der Waals surface area contributed by atoms with E-state index in [1.54, 1.807) is 19.2 Å². The maximum Gasteiger partial charge on any atom is 0.254 e. The number of carbonyl (C=O) groups excluding carboxylic acids is 1. The van der Waals surface area contributed by atoms with Gasteiger partial charge < -0.3 is 20.1 Å². The first-order valence-corrected chi connectivity index (χ1v) is 9.29. The van der Waals surface area contributed by atoms with Gasteiger partial charge in [0, 0.05) is 24.2 Å². The van der Waals surface area contributed by atoms with E-state index in [4.69, 9.17) is 26.8 Å². The highest BCUT2D eigenvalue weighted by molar-refractivity contribution is 6.32. The van der Waals surface area contributed by atoms with Gasteiger partial charge in [0.2, 0.25) is 0 Å². The molecule has 5 nitrogen and oxygen atoms in total. The molecule has 2 unspecified atom stereocenters. The molecule has 0 aromatic heterocycles. The molecule has 1 aromatic carbocycles. The first-order chi connectivity index (χ1) is 11.8. The number of nitrogens with two attached hydrogens (primary N) is 1. The van der Waals surface area contributed by atoms with Crippen LogP contribution in [0, 0.1) is 5.92 Å². The number of piperidine rings is 1. The van der Waals surface area contributed by atoms with Crippen LogP contribution in [-0.2, 0) is 0 Å². The van der Waals surface area contributed by atoms with Crippen LogP contribution in [0.4, 0.5) is 0 Å². The summed E-state index contributed by atoms with van der Waals surface area (Å²) in [5, 5.41) is 0.387. The number of hydrogen-bond acceptors (Lipinski definition) is 4. The largest absolute Gasteiger partial charge is 0.493 e. The SMILES string of the molecule is COc1cc(C(=O)N2CCCCC2C(C)N)cc(Cl)c1OCC(C)C. The Hall–Kier alpha value is -1.46. The van der Waals surface area contributed by atoms with Gasteiger partial charge in [0.25, 0.3) is 5.91 Å². The van der Waals surface area contributed by atoms with Crippen LogP contribution in [0.1, 0.15) is 50.4 Å². The molecule has 0 spiro atoms. The zero-order valence-corrected chi connectivity index (χ0v) is 16.3. The molecule has 0 saturated carbocycles. The Morgan fingerprint density at radius 3 is 2.68 bits per heavy atom. The van der Waals surface area contributed by atoms with Gasteiger partial charge >= 0.3 is 0 Å². The van der Waals surface area contributed by atoms with Gasteiger partial charge in [-0.15, -0.1) is 0 Å². The van der Waals surface area contributed by atoms with Crippen LogP contribution in [0.25, 0.3) is 0 Å². The van der Waals surface area contributed by atoms with E-state index < -0.39 is 0 Å². The van der Waals surface area contributed by atoms with E-state index in [9.17, 15) is 4.79 Å². The summed E-state index contributed by atoms with van der Waals surface area (Å²) >= 11 is 6.38. The maximum absolute atomic E-state index is 13.0. The van der Waals surface area contributed by atoms with Crippen molar-refractivity contribution in [3.8, 4) is 11.5 Å². The number of hydrogen-bond donors (Lipinski definition) is 1. The second-order valence-corrected chi connectivity index (χ2v) is 7.52. The number of likely N-dealkylation sites (tertiary alicyclic amines) is 1. The summed E-state index contributed by atoms with van der Waals surface area (Å²) in [7, 11) is 1.55. The van der Waals surface area contributed by atoms with Gasteiger partial charge in [-0.1, -0.05) is 25.4 Å². The Labute approximate surface area is 155 Å². The lowest BCUT2D eigenvalue weighted by Gasteiger charge is -2.38. The van der Waals surface area contributed by atoms with E-state index in [0.717, 1.165) is 25.8 Å². The molecule has 1 saturated heterocycles. The van der Waals surface area contributed by atoms with Crippen LogP contribution in [0.3, 0.4) is 0 Å². The van der Waals surface area contributed by atoms with Crippen molar-refractivity contribution in [2.24, 2.45) is 11.7 Å². The summed E-state index contributed by atoms with van der Waals surface area (Å²) < 4.78 is 11.2. The van der Waals surface area contributed by atoms with Crippen molar-refractivity contribution in [3.63, 3.8) is 0 Å². The van der Waals surface area contributed by atoms with Crippen LogP contribution in [0.2, 0.25) is 5.02 Å². The number of carbonyl (C=O) groups is 1. The summed E-state index contributed by atoms with van der Waals surface area (Å²) in [6, 6.07) is 3.36. The summed E-state index contributed by atoms with van der Waals surface area (Å²) in [5.41, 5.74) is 6.59. The first-order valence-electron chi connectivity index (χ1n) is 8.92. The summed E-state index contributed by atoms with van der Waals surface area (Å²) in [4.78, 5) is 14.9. The minimum absolute atomic E-state index is 0.0578. The molecule has 140 valence electrons. The molecule has 6 heteroatoms. The lowest BCUT2D eigenvalue weighted by atomic mass is 9.96. The molecule has 2 rings (SSSR count). The normalized spacial score (nSPS) is 19.0. The molecule has 0 aliphatic carbocycles. The Morgan fingerprint density at radius 1 is 1.36 bits per heavy atom. The molecule has 1 heterocycles. The number of rotatable bonds is 6. The minimum atomic E-state index is -0.0599. The number of ether oxygens (including phenoxy) is 2. The quantitative estimate of drug-likeness (QED) is 0.830. The van der Waals surface area contributed by atoms with Gasteiger partial charge in [0.05, 0.1) is 18.7 Å². The zero-order valence-electron chi connectivity index (χ0n) is 15.5. The van der Waals surface area contributed by atoms with E-state index in [2.05, 4.69) is 13.8 Å². The Kier molecular flexibility index (Phi) is 6.96. The van der Waals surface area contributed by atoms with E-state index in [1.165, 1.54) is 0 Å². The van der Waals surface area contributed by atoms with Gasteiger partial charge in [-0.3, -0.25) is 4.79 Å². The molecule has 25 heavy (non-hydrogen) atoms. The van der Waals surface area contributed by atoms with E-state index in [0.29, 0.717) is 34.6 Å². The second kappa shape index (κ2) is 8.77. The average molecular weight is 369 g/mol. The molecule has 2 N–H and O–H groups in total. The number of methoxy groups -OCH3 is 1. The molecule has 1 aromatic rings. The Morgan fingerprint density at radius 2 is 2.08 bits per heavy atom. The second-order valence-electron chi connectivity index (χ2n) is 7.12. The van der Waals surface area contributed by atoms with Crippen LogP contribution in [0.5, 0.6) is 11.5 Å². The van der Waals surface area contributed by atoms with Crippen molar-refractivity contribution in [2.75, 3.05) is 20.3 Å². The molecule has 1 aliphatic rings. The molecule has 0 bridgehead atoms. The molecule has 2 atom stereocenters. The number of benzene rings is 1. The van der Waals surface area contributed by atoms with Crippen molar-refractivity contribution in [3.05, 3.63) is 22.7 Å². The highest BCUT2D eigenvalue weighted by Gasteiger charge is 2.30. The van der Waals surface area contributed by atoms with Crippen molar-refractivity contribution < 1.29 is 14.3 Å². The summed E-state index contributed by atoms with van der Waals surface area (Å²) in [6.45, 7) is 7.32. The zero-order chi connectivity index (χ0) is 18.6. The fourth-order valence-electron chi connectivity index (χ4n) is 3.16. The standard InChI is InChI=1S/C19H29ClN2O3/c1-12(2)11-25-18-15(20)9-14(10-17(18)24-4)19(23)22-8-6-5-7-16(22)13(3)21/h9-10,12-13,16H,5-8,11,21H2,1-4H3. The Balaban J connectivity index is 2.29. The predicted octanol–water partition coefficient (Wildman–Crippen LogP) is 3.73. The highest BCUT2D eigenvalue weighted by Crippen LogP contribution is 2.37. The molecule has 1 amide bonds. The third-order valence-electron chi connectivity index (χ3n) is 4.45. The van der Waals surface area contributed by atoms with Crippen LogP contribution in [-0.4, -0.2) is 43.2 Å². The smallest absolute Gasteiger partial charge is 0.254 e. The van der Waals surface area contributed by atoms with Crippen molar-refractivity contribution in [2.45, 2.75) is 52.1 Å². The summed E-state index contributed by atoms with van der Waals surface area (Å²) in [6.07, 6.45) is 3.03. The van der Waals surface area contributed by atoms with Crippen molar-refractivity contribution >= 4 is 17.5 Å². The maximum atomic E-state index is 13.0. The summed E-state index contributed by atoms with van der Waals surface area (Å²) in [5.74, 6) is 1.27. The monoisotopic (exact) mass is 368 g/mol. The minimum Gasteiger partial charge on any atom is -0.493 e. The molecular weight excluding hydrogens is 340 g/mol. The topological polar surface area (TPSA) is 64.8 Å². The number of amides is 1. The van der Waals surface area contributed by atoms with Crippen LogP contribution < -0.4 is 15.2 Å². The highest BCUT2D eigenvalue weighted by atomic mass is 35.5. The van der Waals surface area contributed by atoms with Crippen LogP contribution in [0.15, 0.2) is 12.1 Å². The van der Waals surface area contributed by atoms with Gasteiger partial charge in [0.1, 0.15) is 0 Å². The molecular formula is C19H29ClN2O3.